The molecule has 0 aliphatic carbocycles. The Balaban J connectivity index is 1.17. The maximum Gasteiger partial charge on any atom is 0.135 e. The van der Waals surface area contributed by atoms with Crippen molar-refractivity contribution in [3.63, 3.8) is 0 Å². The lowest BCUT2D eigenvalue weighted by atomic mass is 9.90. The molecule has 0 saturated heterocycles. The molecule has 238 valence electrons. The molecule has 8 rings (SSSR count). The molecule has 6 aromatic carbocycles. The first-order valence-electron chi connectivity index (χ1n) is 16.7. The van der Waals surface area contributed by atoms with E-state index < -0.39 is 0 Å². The molecule has 0 N–H and O–H groups in total. The third-order valence-electron chi connectivity index (χ3n) is 9.08. The van der Waals surface area contributed by atoms with Gasteiger partial charge in [0, 0.05) is 22.3 Å². The summed E-state index contributed by atoms with van der Waals surface area (Å²) < 4.78 is 13.3. The fourth-order valence-electron chi connectivity index (χ4n) is 6.70. The molecule has 0 unspecified atom stereocenters. The number of hydrogen-bond acceptors (Lipinski definition) is 2. The first-order valence-corrected chi connectivity index (χ1v) is 16.7. The van der Waals surface area contributed by atoms with Gasteiger partial charge in [-0.1, -0.05) is 159 Å². The van der Waals surface area contributed by atoms with Crippen LogP contribution in [0.4, 0.5) is 0 Å². The van der Waals surface area contributed by atoms with Gasteiger partial charge >= 0.3 is 0 Å². The van der Waals surface area contributed by atoms with Crippen LogP contribution >= 0.6 is 0 Å². The zero-order chi connectivity index (χ0) is 33.9. The topological polar surface area (TPSA) is 18.5 Å². The van der Waals surface area contributed by atoms with E-state index in [0.29, 0.717) is 0 Å². The highest BCUT2D eigenvalue weighted by atomic mass is 16.5. The van der Waals surface area contributed by atoms with E-state index in [1.807, 2.05) is 48.6 Å². The second-order valence-corrected chi connectivity index (χ2v) is 12.2. The van der Waals surface area contributed by atoms with Crippen LogP contribution in [0.2, 0.25) is 0 Å². The van der Waals surface area contributed by atoms with Gasteiger partial charge in [0.25, 0.3) is 0 Å². The van der Waals surface area contributed by atoms with Crippen molar-refractivity contribution in [3.8, 4) is 44.9 Å². The SMILES string of the molecule is C=C/C=C(\C=C1/Oc2ccc(C(/C=C3\Oc4ccc(-c5ccccc5)cc4-c4ccccc43)=C/C=C)cc2-c2ccccc21)c1ccccc1. The van der Waals surface area contributed by atoms with E-state index in [9.17, 15) is 0 Å². The highest BCUT2D eigenvalue weighted by Crippen LogP contribution is 2.46. The van der Waals surface area contributed by atoms with Gasteiger partial charge in [0.05, 0.1) is 0 Å². The van der Waals surface area contributed by atoms with Crippen LogP contribution in [0.5, 0.6) is 11.5 Å². The van der Waals surface area contributed by atoms with Gasteiger partial charge in [0.2, 0.25) is 0 Å². The Morgan fingerprint density at radius 1 is 0.400 bits per heavy atom. The molecule has 2 aliphatic heterocycles. The van der Waals surface area contributed by atoms with Crippen LogP contribution in [-0.4, -0.2) is 0 Å². The van der Waals surface area contributed by atoms with Gasteiger partial charge in [-0.15, -0.1) is 0 Å². The predicted molar refractivity (Wildman–Crippen MR) is 209 cm³/mol. The van der Waals surface area contributed by atoms with Crippen LogP contribution in [0.25, 0.3) is 56.0 Å². The van der Waals surface area contributed by atoms with Crippen molar-refractivity contribution in [2.45, 2.75) is 0 Å². The molecular weight excluding hydrogens is 609 g/mol. The molecular formula is C48H34O2. The molecule has 50 heavy (non-hydrogen) atoms. The van der Waals surface area contributed by atoms with Crippen LogP contribution in [-0.2, 0) is 0 Å². The molecule has 2 heterocycles. The number of allylic oxidation sites excluding steroid dienone is 8. The first kappa shape index (κ1) is 30.7. The first-order chi connectivity index (χ1) is 24.7. The second-order valence-electron chi connectivity index (χ2n) is 12.2. The van der Waals surface area contributed by atoms with Crippen LogP contribution in [0, 0.1) is 0 Å². The Bertz CT molecular complexity index is 2390. The minimum Gasteiger partial charge on any atom is -0.456 e. The largest absolute Gasteiger partial charge is 0.456 e. The summed E-state index contributed by atoms with van der Waals surface area (Å²) in [7, 11) is 0. The molecule has 2 nitrogen and oxygen atoms in total. The number of rotatable bonds is 7. The van der Waals surface area contributed by atoms with Crippen molar-refractivity contribution in [3.05, 3.63) is 217 Å². The monoisotopic (exact) mass is 642 g/mol. The summed E-state index contributed by atoms with van der Waals surface area (Å²) in [5.41, 5.74) is 12.9. The molecule has 0 atom stereocenters. The van der Waals surface area contributed by atoms with Gasteiger partial charge in [0.1, 0.15) is 23.0 Å². The Morgan fingerprint density at radius 3 is 1.46 bits per heavy atom. The van der Waals surface area contributed by atoms with Crippen molar-refractivity contribution >= 4 is 22.7 Å². The van der Waals surface area contributed by atoms with Crippen molar-refractivity contribution < 1.29 is 9.47 Å². The van der Waals surface area contributed by atoms with Crippen LogP contribution in [0.1, 0.15) is 22.3 Å². The number of ether oxygens (including phenoxy) is 2. The molecule has 0 bridgehead atoms. The standard InChI is InChI=1S/C48H34O2/c1-3-15-35(33-17-7-5-8-18-33)31-47-41-23-13-12-22-40(41)44-30-38(26-28-46(44)49-47)36(16-4-2)32-48-42-24-14-11-21-39(42)43-29-37(25-27-45(43)50-48)34-19-9-6-10-20-34/h3-32H,1-2H2/b35-15+,36-16+,47-31-,48-32-. The van der Waals surface area contributed by atoms with Gasteiger partial charge in [-0.3, -0.25) is 0 Å². The maximum absolute atomic E-state index is 6.67. The highest BCUT2D eigenvalue weighted by molar-refractivity contribution is 5.96. The molecule has 2 aliphatic rings. The van der Waals surface area contributed by atoms with Crippen molar-refractivity contribution in [2.75, 3.05) is 0 Å². The molecule has 6 aromatic rings. The average molecular weight is 643 g/mol. The van der Waals surface area contributed by atoms with E-state index in [0.717, 1.165) is 84.2 Å². The lowest BCUT2D eigenvalue weighted by Gasteiger charge is -2.25. The van der Waals surface area contributed by atoms with Gasteiger partial charge in [0.15, 0.2) is 0 Å². The molecule has 0 fully saturated rings. The van der Waals surface area contributed by atoms with Crippen LogP contribution in [0.15, 0.2) is 195 Å². The van der Waals surface area contributed by atoms with E-state index in [2.05, 4.69) is 147 Å². The molecule has 2 heteroatoms. The lowest BCUT2D eigenvalue weighted by Crippen LogP contribution is -2.06. The summed E-state index contributed by atoms with van der Waals surface area (Å²) in [5.74, 6) is 3.22. The fourth-order valence-corrected chi connectivity index (χ4v) is 6.70. The molecule has 0 radical (unpaired) electrons. The second kappa shape index (κ2) is 13.5. The smallest absolute Gasteiger partial charge is 0.135 e. The lowest BCUT2D eigenvalue weighted by molar-refractivity contribution is 0.512. The van der Waals surface area contributed by atoms with Crippen molar-refractivity contribution in [1.82, 2.24) is 0 Å². The van der Waals surface area contributed by atoms with E-state index in [-0.39, 0.29) is 0 Å². The predicted octanol–water partition coefficient (Wildman–Crippen LogP) is 12.7. The zero-order valence-corrected chi connectivity index (χ0v) is 27.6. The highest BCUT2D eigenvalue weighted by Gasteiger charge is 2.25. The van der Waals surface area contributed by atoms with Gasteiger partial charge in [-0.05, 0) is 80.9 Å². The molecule has 0 aromatic heterocycles. The van der Waals surface area contributed by atoms with Crippen LogP contribution < -0.4 is 9.47 Å². The summed E-state index contributed by atoms with van der Waals surface area (Å²) in [5, 5.41) is 0. The van der Waals surface area contributed by atoms with E-state index in [1.165, 1.54) is 5.56 Å². The van der Waals surface area contributed by atoms with E-state index in [1.54, 1.807) is 0 Å². The number of benzene rings is 6. The van der Waals surface area contributed by atoms with E-state index in [4.69, 9.17) is 9.47 Å². The van der Waals surface area contributed by atoms with Gasteiger partial charge < -0.3 is 9.47 Å². The average Bonchev–Trinajstić information content (AvgIpc) is 3.18. The third kappa shape index (κ3) is 5.85. The quantitative estimate of drug-likeness (QED) is 0.161. The Hall–Kier alpha value is -6.64. The van der Waals surface area contributed by atoms with E-state index >= 15 is 0 Å². The Labute approximate surface area is 293 Å². The fraction of sp³-hybridized carbons (Fsp3) is 0. The summed E-state index contributed by atoms with van der Waals surface area (Å²) >= 11 is 0. The molecule has 0 amide bonds. The zero-order valence-electron chi connectivity index (χ0n) is 27.6. The molecule has 0 spiro atoms. The third-order valence-corrected chi connectivity index (χ3v) is 9.08. The Kier molecular flexibility index (Phi) is 8.26. The number of hydrogen-bond donors (Lipinski definition) is 0. The van der Waals surface area contributed by atoms with Gasteiger partial charge in [-0.2, -0.15) is 0 Å². The normalized spacial score (nSPS) is 14.8. The Morgan fingerprint density at radius 2 is 0.880 bits per heavy atom. The summed E-state index contributed by atoms with van der Waals surface area (Å²) in [6.45, 7) is 8.00. The van der Waals surface area contributed by atoms with Crippen LogP contribution in [0.3, 0.4) is 0 Å². The molecule has 0 saturated carbocycles. The minimum absolute atomic E-state index is 0.788. The minimum atomic E-state index is 0.788. The summed E-state index contributed by atoms with van der Waals surface area (Å²) in [6.07, 6.45) is 11.9. The summed E-state index contributed by atoms with van der Waals surface area (Å²) in [4.78, 5) is 0. The van der Waals surface area contributed by atoms with Crippen molar-refractivity contribution in [2.24, 2.45) is 0 Å². The summed E-state index contributed by atoms with van der Waals surface area (Å²) in [6, 6.07) is 50.3. The van der Waals surface area contributed by atoms with Gasteiger partial charge in [-0.25, -0.2) is 0 Å². The number of fused-ring (bicyclic) bond motifs is 6. The maximum atomic E-state index is 6.67. The van der Waals surface area contributed by atoms with Crippen molar-refractivity contribution in [1.29, 1.82) is 0 Å².